The minimum absolute atomic E-state index is 0.112. The van der Waals surface area contributed by atoms with Gasteiger partial charge in [-0.2, -0.15) is 0 Å². The molecule has 0 spiro atoms. The molecule has 0 aromatic rings. The Kier molecular flexibility index (Phi) is 4.33. The molecule has 1 saturated heterocycles. The molecule has 0 aromatic carbocycles. The normalized spacial score (nSPS) is 18.4. The number of amides is 1. The molecule has 1 N–H and O–H groups in total. The van der Waals surface area contributed by atoms with Gasteiger partial charge in [-0.25, -0.2) is 0 Å². The summed E-state index contributed by atoms with van der Waals surface area (Å²) in [5, 5.41) is 8.84. The molecular weight excluding hydrogens is 206 g/mol. The van der Waals surface area contributed by atoms with Crippen molar-refractivity contribution >= 4 is 11.9 Å². The standard InChI is InChI=1S/C12H21NO3/c1-4-9(5-2)11(14)13-6-10(7-13)8(3)12(15)16/h8-10H,4-7H2,1-3H3,(H,15,16). The van der Waals surface area contributed by atoms with Gasteiger partial charge in [0.25, 0.3) is 0 Å². The van der Waals surface area contributed by atoms with Crippen LogP contribution in [-0.4, -0.2) is 35.0 Å². The summed E-state index contributed by atoms with van der Waals surface area (Å²) < 4.78 is 0. The zero-order chi connectivity index (χ0) is 12.3. The second kappa shape index (κ2) is 5.32. The highest BCUT2D eigenvalue weighted by molar-refractivity contribution is 5.80. The number of rotatable bonds is 5. The third kappa shape index (κ3) is 2.54. The lowest BCUT2D eigenvalue weighted by Gasteiger charge is -2.42. The Bertz CT molecular complexity index is 267. The van der Waals surface area contributed by atoms with Crippen LogP contribution in [0.2, 0.25) is 0 Å². The van der Waals surface area contributed by atoms with Gasteiger partial charge < -0.3 is 10.0 Å². The van der Waals surface area contributed by atoms with Gasteiger partial charge in [0.2, 0.25) is 5.91 Å². The molecule has 1 aliphatic rings. The Morgan fingerprint density at radius 1 is 1.31 bits per heavy atom. The van der Waals surface area contributed by atoms with Crippen molar-refractivity contribution in [3.63, 3.8) is 0 Å². The lowest BCUT2D eigenvalue weighted by Crippen LogP contribution is -2.55. The van der Waals surface area contributed by atoms with Crippen LogP contribution < -0.4 is 0 Å². The van der Waals surface area contributed by atoms with Crippen molar-refractivity contribution in [1.29, 1.82) is 0 Å². The third-order valence-electron chi connectivity index (χ3n) is 3.65. The average Bonchev–Trinajstić information content (AvgIpc) is 2.17. The van der Waals surface area contributed by atoms with Crippen LogP contribution in [0.4, 0.5) is 0 Å². The smallest absolute Gasteiger partial charge is 0.306 e. The Labute approximate surface area is 96.6 Å². The van der Waals surface area contributed by atoms with Gasteiger partial charge in [0, 0.05) is 24.9 Å². The van der Waals surface area contributed by atoms with Crippen LogP contribution in [0, 0.1) is 17.8 Å². The topological polar surface area (TPSA) is 57.6 Å². The number of carboxylic acids is 1. The fourth-order valence-electron chi connectivity index (χ4n) is 2.11. The van der Waals surface area contributed by atoms with E-state index in [9.17, 15) is 9.59 Å². The van der Waals surface area contributed by atoms with E-state index in [1.165, 1.54) is 0 Å². The minimum Gasteiger partial charge on any atom is -0.481 e. The maximum absolute atomic E-state index is 11.9. The zero-order valence-electron chi connectivity index (χ0n) is 10.3. The molecule has 1 atom stereocenters. The van der Waals surface area contributed by atoms with Crippen molar-refractivity contribution < 1.29 is 14.7 Å². The molecule has 0 aliphatic carbocycles. The lowest BCUT2D eigenvalue weighted by atomic mass is 9.85. The molecule has 16 heavy (non-hydrogen) atoms. The first kappa shape index (κ1) is 13.0. The Balaban J connectivity index is 2.41. The van der Waals surface area contributed by atoms with Crippen molar-refractivity contribution in [1.82, 2.24) is 4.90 Å². The van der Waals surface area contributed by atoms with Gasteiger partial charge in [-0.3, -0.25) is 9.59 Å². The number of nitrogens with zero attached hydrogens (tertiary/aromatic N) is 1. The van der Waals surface area contributed by atoms with Gasteiger partial charge in [0.15, 0.2) is 0 Å². The largest absolute Gasteiger partial charge is 0.481 e. The van der Waals surface area contributed by atoms with Crippen molar-refractivity contribution in [2.45, 2.75) is 33.6 Å². The number of hydrogen-bond donors (Lipinski definition) is 1. The molecule has 92 valence electrons. The molecule has 1 unspecified atom stereocenters. The van der Waals surface area contributed by atoms with E-state index in [4.69, 9.17) is 5.11 Å². The zero-order valence-corrected chi connectivity index (χ0v) is 10.3. The summed E-state index contributed by atoms with van der Waals surface area (Å²) in [6.45, 7) is 6.98. The first-order valence-electron chi connectivity index (χ1n) is 6.02. The molecular formula is C12H21NO3. The van der Waals surface area contributed by atoms with Gasteiger partial charge in [-0.15, -0.1) is 0 Å². The lowest BCUT2D eigenvalue weighted by molar-refractivity contribution is -0.152. The van der Waals surface area contributed by atoms with Crippen molar-refractivity contribution in [3.8, 4) is 0 Å². The van der Waals surface area contributed by atoms with Gasteiger partial charge in [0.1, 0.15) is 0 Å². The molecule has 1 rings (SSSR count). The molecule has 1 amide bonds. The molecule has 4 heteroatoms. The number of carbonyl (C=O) groups is 2. The van der Waals surface area contributed by atoms with E-state index < -0.39 is 5.97 Å². The number of likely N-dealkylation sites (tertiary alicyclic amines) is 1. The van der Waals surface area contributed by atoms with Crippen LogP contribution in [0.25, 0.3) is 0 Å². The molecule has 0 bridgehead atoms. The SMILES string of the molecule is CCC(CC)C(=O)N1CC(C(C)C(=O)O)C1. The summed E-state index contributed by atoms with van der Waals surface area (Å²) in [7, 11) is 0. The van der Waals surface area contributed by atoms with Crippen LogP contribution in [0.1, 0.15) is 33.6 Å². The van der Waals surface area contributed by atoms with Crippen molar-refractivity contribution in [3.05, 3.63) is 0 Å². The van der Waals surface area contributed by atoms with Crippen LogP contribution in [0.15, 0.2) is 0 Å². The summed E-state index contributed by atoms with van der Waals surface area (Å²) in [5.41, 5.74) is 0. The van der Waals surface area contributed by atoms with Gasteiger partial charge in [0.05, 0.1) is 5.92 Å². The van der Waals surface area contributed by atoms with E-state index in [0.717, 1.165) is 12.8 Å². The fraction of sp³-hybridized carbons (Fsp3) is 0.833. The molecule has 0 saturated carbocycles. The maximum Gasteiger partial charge on any atom is 0.306 e. The third-order valence-corrected chi connectivity index (χ3v) is 3.65. The maximum atomic E-state index is 11.9. The quantitative estimate of drug-likeness (QED) is 0.776. The first-order chi connectivity index (χ1) is 7.51. The minimum atomic E-state index is -0.764. The summed E-state index contributed by atoms with van der Waals surface area (Å²) in [4.78, 5) is 24.5. The van der Waals surface area contributed by atoms with Gasteiger partial charge >= 0.3 is 5.97 Å². The number of aliphatic carboxylic acids is 1. The highest BCUT2D eigenvalue weighted by atomic mass is 16.4. The molecule has 1 heterocycles. The summed E-state index contributed by atoms with van der Waals surface area (Å²) in [5.74, 6) is -0.666. The van der Waals surface area contributed by atoms with E-state index in [-0.39, 0.29) is 23.7 Å². The molecule has 0 aromatic heterocycles. The van der Waals surface area contributed by atoms with Crippen molar-refractivity contribution in [2.75, 3.05) is 13.1 Å². The summed E-state index contributed by atoms with van der Waals surface area (Å²) in [6.07, 6.45) is 1.73. The van der Waals surface area contributed by atoms with Crippen LogP contribution in [0.3, 0.4) is 0 Å². The molecule has 0 radical (unpaired) electrons. The van der Waals surface area contributed by atoms with E-state index in [0.29, 0.717) is 13.1 Å². The first-order valence-corrected chi connectivity index (χ1v) is 6.02. The van der Waals surface area contributed by atoms with E-state index in [2.05, 4.69) is 0 Å². The summed E-state index contributed by atoms with van der Waals surface area (Å²) in [6, 6.07) is 0. The molecule has 4 nitrogen and oxygen atoms in total. The van der Waals surface area contributed by atoms with Crippen LogP contribution in [-0.2, 0) is 9.59 Å². The van der Waals surface area contributed by atoms with Gasteiger partial charge in [-0.1, -0.05) is 20.8 Å². The Morgan fingerprint density at radius 3 is 2.19 bits per heavy atom. The van der Waals surface area contributed by atoms with E-state index in [1.807, 2.05) is 13.8 Å². The average molecular weight is 227 g/mol. The molecule has 1 aliphatic heterocycles. The van der Waals surface area contributed by atoms with E-state index >= 15 is 0 Å². The van der Waals surface area contributed by atoms with Gasteiger partial charge in [-0.05, 0) is 12.8 Å². The van der Waals surface area contributed by atoms with Crippen LogP contribution >= 0.6 is 0 Å². The highest BCUT2D eigenvalue weighted by Crippen LogP contribution is 2.26. The van der Waals surface area contributed by atoms with E-state index in [1.54, 1.807) is 11.8 Å². The van der Waals surface area contributed by atoms with Crippen molar-refractivity contribution in [2.24, 2.45) is 17.8 Å². The predicted octanol–water partition coefficient (Wildman–Crippen LogP) is 1.60. The number of carboxylic acid groups (broad SMARTS) is 1. The fourth-order valence-corrected chi connectivity index (χ4v) is 2.11. The van der Waals surface area contributed by atoms with Crippen LogP contribution in [0.5, 0.6) is 0 Å². The predicted molar refractivity (Wildman–Crippen MR) is 60.9 cm³/mol. The second-order valence-electron chi connectivity index (χ2n) is 4.64. The molecule has 1 fully saturated rings. The second-order valence-corrected chi connectivity index (χ2v) is 4.64. The Morgan fingerprint density at radius 2 is 1.81 bits per heavy atom. The Hall–Kier alpha value is -1.06. The monoisotopic (exact) mass is 227 g/mol. The summed E-state index contributed by atoms with van der Waals surface area (Å²) >= 11 is 0. The number of hydrogen-bond acceptors (Lipinski definition) is 2. The highest BCUT2D eigenvalue weighted by Gasteiger charge is 2.38. The number of carbonyl (C=O) groups excluding carboxylic acids is 1.